The molecule has 0 saturated carbocycles. The van der Waals surface area contributed by atoms with E-state index in [1.54, 1.807) is 0 Å². The second-order valence-corrected chi connectivity index (χ2v) is 4.06. The van der Waals surface area contributed by atoms with E-state index in [1.807, 2.05) is 0 Å². The summed E-state index contributed by atoms with van der Waals surface area (Å²) in [6.45, 7) is -0.180. The molecule has 1 aromatic rings. The standard InChI is InChI=1S/C6H8N2O3S/c9-4-5-12(10,11)6-7-2-1-3-8-6/h1-3,9H,4-5H2/i9T. The van der Waals surface area contributed by atoms with Crippen molar-refractivity contribution in [2.75, 3.05) is 12.4 Å². The van der Waals surface area contributed by atoms with Crippen molar-refractivity contribution in [1.82, 2.24) is 9.97 Å². The molecule has 0 amide bonds. The van der Waals surface area contributed by atoms with Crippen LogP contribution in [0.25, 0.3) is 0 Å². The summed E-state index contributed by atoms with van der Waals surface area (Å²) in [5.41, 5.74) is 0. The molecule has 5 nitrogen and oxygen atoms in total. The van der Waals surface area contributed by atoms with Gasteiger partial charge in [-0.05, 0) is 6.07 Å². The Morgan fingerprint density at radius 3 is 2.75 bits per heavy atom. The summed E-state index contributed by atoms with van der Waals surface area (Å²) in [6.07, 6.45) is 2.70. The van der Waals surface area contributed by atoms with E-state index in [0.29, 0.717) is 0 Å². The molecule has 0 aliphatic carbocycles. The van der Waals surface area contributed by atoms with Crippen LogP contribution in [0, 0.1) is 0 Å². The van der Waals surface area contributed by atoms with Gasteiger partial charge in [-0.3, -0.25) is 0 Å². The van der Waals surface area contributed by atoms with Crippen molar-refractivity contribution in [1.29, 1.82) is 1.43 Å². The zero-order chi connectivity index (χ0) is 9.73. The summed E-state index contributed by atoms with van der Waals surface area (Å²) in [5, 5.41) is 3.68. The van der Waals surface area contributed by atoms with Crippen molar-refractivity contribution < 1.29 is 13.5 Å². The van der Waals surface area contributed by atoms with Gasteiger partial charge in [0.15, 0.2) is 0 Å². The maximum atomic E-state index is 11.3. The van der Waals surface area contributed by atoms with Gasteiger partial charge in [-0.2, -0.15) is 0 Å². The lowest BCUT2D eigenvalue weighted by molar-refractivity contribution is 0.319. The second kappa shape index (κ2) is 3.59. The number of aromatic nitrogens is 2. The molecule has 12 heavy (non-hydrogen) atoms. The monoisotopic (exact) mass is 190 g/mol. The van der Waals surface area contributed by atoms with Gasteiger partial charge in [0.1, 0.15) is 0 Å². The fourth-order valence-corrected chi connectivity index (χ4v) is 1.49. The zero-order valence-electron chi connectivity index (χ0n) is 7.17. The Balaban J connectivity index is 2.83. The molecule has 0 radical (unpaired) electrons. The summed E-state index contributed by atoms with van der Waals surface area (Å²) in [5.74, 6) is -0.277. The topological polar surface area (TPSA) is 80.1 Å². The molecule has 0 unspecified atom stereocenters. The summed E-state index contributed by atoms with van der Waals surface area (Å²) in [4.78, 5) is 7.17. The smallest absolute Gasteiger partial charge is 0.247 e. The van der Waals surface area contributed by atoms with E-state index in [0.717, 1.165) is 0 Å². The number of aliphatic hydroxyl groups is 1. The molecule has 1 N–H and O–H groups in total. The minimum absolute atomic E-state index is 0.180. The van der Waals surface area contributed by atoms with Crippen LogP contribution in [0.4, 0.5) is 0 Å². The minimum atomic E-state index is -3.49. The van der Waals surface area contributed by atoms with Crippen LogP contribution < -0.4 is 0 Å². The predicted molar refractivity (Wildman–Crippen MR) is 41.2 cm³/mol. The van der Waals surface area contributed by atoms with Crippen LogP contribution in [0.2, 0.25) is 0 Å². The van der Waals surface area contributed by atoms with Crippen LogP contribution in [-0.2, 0) is 9.84 Å². The first-order valence-corrected chi connectivity index (χ1v) is 4.90. The van der Waals surface area contributed by atoms with E-state index in [2.05, 4.69) is 15.1 Å². The van der Waals surface area contributed by atoms with Gasteiger partial charge in [0.2, 0.25) is 16.4 Å². The normalized spacial score (nSPS) is 12.5. The fraction of sp³-hybridized carbons (Fsp3) is 0.333. The third kappa shape index (κ3) is 1.99. The quantitative estimate of drug-likeness (QED) is 0.631. The van der Waals surface area contributed by atoms with E-state index in [1.165, 1.54) is 18.5 Å². The Kier molecular flexibility index (Phi) is 2.28. The van der Waals surface area contributed by atoms with Crippen molar-refractivity contribution in [3.63, 3.8) is 0 Å². The van der Waals surface area contributed by atoms with Gasteiger partial charge in [-0.1, -0.05) is 0 Å². The third-order valence-electron chi connectivity index (χ3n) is 1.17. The molecule has 1 aromatic heterocycles. The molecule has 6 heteroatoms. The first-order valence-electron chi connectivity index (χ1n) is 3.65. The number of hydrogen-bond donors (Lipinski definition) is 1. The SMILES string of the molecule is [3H]OCCS(=O)(=O)c1ncccn1. The molecule has 0 saturated heterocycles. The highest BCUT2D eigenvalue weighted by Gasteiger charge is 2.15. The third-order valence-corrected chi connectivity index (χ3v) is 2.64. The maximum Gasteiger partial charge on any atom is 0.247 e. The predicted octanol–water partition coefficient (Wildman–Crippen LogP) is -0.757. The lowest BCUT2D eigenvalue weighted by Crippen LogP contribution is -2.12. The summed E-state index contributed by atoms with van der Waals surface area (Å²) >= 11 is 0. The molecule has 1 rings (SSSR count). The average Bonchev–Trinajstić information content (AvgIpc) is 2.16. The summed E-state index contributed by atoms with van der Waals surface area (Å²) < 4.78 is 28.9. The van der Waals surface area contributed by atoms with E-state index < -0.39 is 9.84 Å². The first kappa shape index (κ1) is 7.63. The Labute approximate surface area is 71.5 Å². The zero-order valence-corrected chi connectivity index (χ0v) is 6.99. The van der Waals surface area contributed by atoms with Crippen molar-refractivity contribution in [2.24, 2.45) is 0 Å². The highest BCUT2D eigenvalue weighted by Crippen LogP contribution is 2.01. The van der Waals surface area contributed by atoms with Gasteiger partial charge < -0.3 is 5.11 Å². The highest BCUT2D eigenvalue weighted by molar-refractivity contribution is 7.91. The lowest BCUT2D eigenvalue weighted by Gasteiger charge is -1.97. The largest absolute Gasteiger partial charge is 0.395 e. The Morgan fingerprint density at radius 1 is 1.50 bits per heavy atom. The van der Waals surface area contributed by atoms with Crippen LogP contribution >= 0.6 is 0 Å². The Bertz CT molecular complexity index is 353. The molecule has 0 atom stereocenters. The van der Waals surface area contributed by atoms with Gasteiger partial charge in [-0.15, -0.1) is 0 Å². The summed E-state index contributed by atoms with van der Waals surface area (Å²) in [7, 11) is -3.49. The molecule has 0 spiro atoms. The van der Waals surface area contributed by atoms with Crippen LogP contribution in [0.3, 0.4) is 0 Å². The minimum Gasteiger partial charge on any atom is -0.395 e. The van der Waals surface area contributed by atoms with E-state index in [9.17, 15) is 8.42 Å². The van der Waals surface area contributed by atoms with Gasteiger partial charge in [0.25, 0.3) is 0 Å². The van der Waals surface area contributed by atoms with Crippen LogP contribution in [0.5, 0.6) is 0 Å². The molecule has 66 valence electrons. The van der Waals surface area contributed by atoms with Gasteiger partial charge in [-0.25, -0.2) is 18.4 Å². The molecule has 0 aromatic carbocycles. The fourth-order valence-electron chi connectivity index (χ4n) is 0.647. The van der Waals surface area contributed by atoms with Crippen LogP contribution in [0.1, 0.15) is 0 Å². The average molecular weight is 190 g/mol. The number of aliphatic hydroxyl groups excluding tert-OH is 1. The Morgan fingerprint density at radius 2 is 2.17 bits per heavy atom. The summed E-state index contributed by atoms with van der Waals surface area (Å²) in [6, 6.07) is 1.53. The van der Waals surface area contributed by atoms with Crippen molar-refractivity contribution in [2.45, 2.75) is 5.16 Å². The molecule has 0 aliphatic rings. The number of rotatable bonds is 4. The van der Waals surface area contributed by atoms with Gasteiger partial charge >= 0.3 is 0 Å². The van der Waals surface area contributed by atoms with Gasteiger partial charge in [0, 0.05) is 12.4 Å². The molecule has 0 aliphatic heterocycles. The van der Waals surface area contributed by atoms with E-state index in [4.69, 9.17) is 1.43 Å². The lowest BCUT2D eigenvalue weighted by atomic mass is 10.7. The molecular weight excluding hydrogens is 180 g/mol. The van der Waals surface area contributed by atoms with Crippen LogP contribution in [-0.4, -0.2) is 37.3 Å². The van der Waals surface area contributed by atoms with Gasteiger partial charge in [0.05, 0.1) is 12.4 Å². The van der Waals surface area contributed by atoms with Crippen molar-refractivity contribution in [3.8, 4) is 0 Å². The van der Waals surface area contributed by atoms with Crippen LogP contribution in [0.15, 0.2) is 23.6 Å². The second-order valence-electron chi connectivity index (χ2n) is 2.05. The van der Waals surface area contributed by atoms with E-state index >= 15 is 0 Å². The first-order chi connectivity index (χ1) is 6.17. The van der Waals surface area contributed by atoms with Crippen molar-refractivity contribution in [3.05, 3.63) is 18.5 Å². The number of sulfone groups is 1. The Hall–Kier alpha value is -1.01. The molecule has 1 heterocycles. The maximum absolute atomic E-state index is 11.3. The van der Waals surface area contributed by atoms with E-state index in [-0.39, 0.29) is 17.5 Å². The molecule has 0 fully saturated rings. The van der Waals surface area contributed by atoms with Crippen molar-refractivity contribution >= 4 is 9.84 Å². The highest BCUT2D eigenvalue weighted by atomic mass is 32.2. The molecule has 0 bridgehead atoms. The molecular formula is C6H8N2O3S. The number of hydrogen-bond acceptors (Lipinski definition) is 5. The number of nitrogens with zero attached hydrogens (tertiary/aromatic N) is 2.